The molecule has 132 valence electrons. The van der Waals surface area contributed by atoms with Crippen LogP contribution in [0.2, 0.25) is 5.02 Å². The predicted molar refractivity (Wildman–Crippen MR) is 106 cm³/mol. The van der Waals surface area contributed by atoms with Crippen molar-refractivity contribution in [3.63, 3.8) is 0 Å². The van der Waals surface area contributed by atoms with Gasteiger partial charge in [0.15, 0.2) is 11.0 Å². The van der Waals surface area contributed by atoms with Crippen LogP contribution in [0.4, 0.5) is 0 Å². The van der Waals surface area contributed by atoms with Crippen molar-refractivity contribution in [2.45, 2.75) is 5.16 Å². The van der Waals surface area contributed by atoms with Crippen LogP contribution in [-0.2, 0) is 4.79 Å². The Bertz CT molecular complexity index is 894. The van der Waals surface area contributed by atoms with Gasteiger partial charge in [-0.3, -0.25) is 9.36 Å². The third kappa shape index (κ3) is 4.33. The topological polar surface area (TPSA) is 59.8 Å². The fraction of sp³-hybridized carbons (Fsp3) is 0.105. The average molecular weight is 385 g/mol. The molecule has 0 saturated heterocycles. The lowest BCUT2D eigenvalue weighted by Gasteiger charge is -2.10. The Morgan fingerprint density at radius 1 is 1.15 bits per heavy atom. The molecular weight excluding hydrogens is 368 g/mol. The molecule has 3 aromatic rings. The van der Waals surface area contributed by atoms with Crippen molar-refractivity contribution in [2.24, 2.45) is 0 Å². The zero-order valence-corrected chi connectivity index (χ0v) is 15.5. The Labute approximate surface area is 161 Å². The highest BCUT2D eigenvalue weighted by molar-refractivity contribution is 7.99. The molecule has 0 aliphatic carbocycles. The number of hydrogen-bond acceptors (Lipinski definition) is 4. The summed E-state index contributed by atoms with van der Waals surface area (Å²) in [6, 6.07) is 17.2. The van der Waals surface area contributed by atoms with Gasteiger partial charge in [-0.1, -0.05) is 47.6 Å². The van der Waals surface area contributed by atoms with E-state index in [0.717, 1.165) is 11.3 Å². The molecule has 1 N–H and O–H groups in total. The van der Waals surface area contributed by atoms with E-state index in [9.17, 15) is 4.79 Å². The van der Waals surface area contributed by atoms with E-state index in [2.05, 4.69) is 22.1 Å². The highest BCUT2D eigenvalue weighted by Crippen LogP contribution is 2.28. The maximum atomic E-state index is 11.9. The number of hydrogen-bond donors (Lipinski definition) is 1. The zero-order valence-electron chi connectivity index (χ0n) is 13.9. The van der Waals surface area contributed by atoms with Crippen molar-refractivity contribution in [3.05, 3.63) is 72.3 Å². The number of carbonyl (C=O) groups is 1. The fourth-order valence-electron chi connectivity index (χ4n) is 2.33. The van der Waals surface area contributed by atoms with E-state index in [1.807, 2.05) is 59.2 Å². The second-order valence-electron chi connectivity index (χ2n) is 5.37. The molecule has 0 aliphatic rings. The minimum Gasteiger partial charge on any atom is -0.352 e. The van der Waals surface area contributed by atoms with Crippen LogP contribution in [0.25, 0.3) is 17.1 Å². The van der Waals surface area contributed by atoms with Crippen molar-refractivity contribution in [2.75, 3.05) is 12.3 Å². The Morgan fingerprint density at radius 2 is 1.88 bits per heavy atom. The number of halogens is 1. The number of nitrogens with zero attached hydrogens (tertiary/aromatic N) is 3. The average Bonchev–Trinajstić information content (AvgIpc) is 3.10. The quantitative estimate of drug-likeness (QED) is 0.494. The predicted octanol–water partition coefficient (Wildman–Crippen LogP) is 3.98. The monoisotopic (exact) mass is 384 g/mol. The third-order valence-electron chi connectivity index (χ3n) is 3.53. The Morgan fingerprint density at radius 3 is 2.58 bits per heavy atom. The van der Waals surface area contributed by atoms with Gasteiger partial charge in [-0.2, -0.15) is 0 Å². The first-order valence-corrected chi connectivity index (χ1v) is 9.32. The normalized spacial score (nSPS) is 10.5. The first-order chi connectivity index (χ1) is 12.7. The van der Waals surface area contributed by atoms with Gasteiger partial charge in [0.25, 0.3) is 0 Å². The maximum Gasteiger partial charge on any atom is 0.230 e. The van der Waals surface area contributed by atoms with Gasteiger partial charge in [0, 0.05) is 22.8 Å². The summed E-state index contributed by atoms with van der Waals surface area (Å²) in [4.78, 5) is 11.9. The maximum absolute atomic E-state index is 11.9. The minimum atomic E-state index is -0.0782. The van der Waals surface area contributed by atoms with Gasteiger partial charge < -0.3 is 5.32 Å². The molecule has 5 nitrogen and oxygen atoms in total. The van der Waals surface area contributed by atoms with Crippen LogP contribution < -0.4 is 5.32 Å². The fourth-order valence-corrected chi connectivity index (χ4v) is 3.23. The summed E-state index contributed by atoms with van der Waals surface area (Å²) >= 11 is 7.32. The number of para-hydroxylation sites is 1. The molecule has 2 aromatic carbocycles. The first-order valence-electron chi connectivity index (χ1n) is 7.96. The van der Waals surface area contributed by atoms with E-state index in [-0.39, 0.29) is 11.7 Å². The molecule has 0 radical (unpaired) electrons. The largest absolute Gasteiger partial charge is 0.352 e. The zero-order chi connectivity index (χ0) is 18.4. The SMILES string of the molecule is C=CCNC(=O)CSc1nnc(-c2ccc(Cl)cc2)n1-c1ccccc1. The molecule has 0 unspecified atom stereocenters. The van der Waals surface area contributed by atoms with Gasteiger partial charge in [0.2, 0.25) is 5.91 Å². The van der Waals surface area contributed by atoms with E-state index in [4.69, 9.17) is 11.6 Å². The molecule has 0 atom stereocenters. The summed E-state index contributed by atoms with van der Waals surface area (Å²) in [5.41, 5.74) is 1.82. The summed E-state index contributed by atoms with van der Waals surface area (Å²) < 4.78 is 1.94. The molecule has 26 heavy (non-hydrogen) atoms. The first kappa shape index (κ1) is 18.2. The lowest BCUT2D eigenvalue weighted by atomic mass is 10.2. The summed E-state index contributed by atoms with van der Waals surface area (Å²) in [6.07, 6.45) is 1.65. The molecule has 1 heterocycles. The lowest BCUT2D eigenvalue weighted by molar-refractivity contribution is -0.118. The van der Waals surface area contributed by atoms with Gasteiger partial charge in [-0.15, -0.1) is 16.8 Å². The molecule has 1 aromatic heterocycles. The summed E-state index contributed by atoms with van der Waals surface area (Å²) in [6.45, 7) is 4.04. The number of aromatic nitrogens is 3. The highest BCUT2D eigenvalue weighted by Gasteiger charge is 2.17. The number of thioether (sulfide) groups is 1. The van der Waals surface area contributed by atoms with E-state index in [1.165, 1.54) is 11.8 Å². The van der Waals surface area contributed by atoms with Crippen LogP contribution in [0.15, 0.2) is 72.4 Å². The summed E-state index contributed by atoms with van der Waals surface area (Å²) in [7, 11) is 0. The Balaban J connectivity index is 1.93. The van der Waals surface area contributed by atoms with Crippen molar-refractivity contribution in [1.29, 1.82) is 0 Å². The van der Waals surface area contributed by atoms with Gasteiger partial charge >= 0.3 is 0 Å². The number of rotatable bonds is 7. The lowest BCUT2D eigenvalue weighted by Crippen LogP contribution is -2.25. The summed E-state index contributed by atoms with van der Waals surface area (Å²) in [5, 5.41) is 12.7. The molecule has 0 aliphatic heterocycles. The van der Waals surface area contributed by atoms with Crippen LogP contribution in [0.1, 0.15) is 0 Å². The van der Waals surface area contributed by atoms with E-state index in [0.29, 0.717) is 22.5 Å². The van der Waals surface area contributed by atoms with E-state index < -0.39 is 0 Å². The Kier molecular flexibility index (Phi) is 6.09. The van der Waals surface area contributed by atoms with Gasteiger partial charge in [-0.05, 0) is 36.4 Å². The molecule has 0 bridgehead atoms. The van der Waals surface area contributed by atoms with Crippen LogP contribution >= 0.6 is 23.4 Å². The third-order valence-corrected chi connectivity index (χ3v) is 4.71. The smallest absolute Gasteiger partial charge is 0.230 e. The van der Waals surface area contributed by atoms with Gasteiger partial charge in [0.05, 0.1) is 5.75 Å². The van der Waals surface area contributed by atoms with E-state index >= 15 is 0 Å². The molecule has 0 spiro atoms. The Hall–Kier alpha value is -2.57. The van der Waals surface area contributed by atoms with Crippen LogP contribution in [-0.4, -0.2) is 33.0 Å². The molecule has 0 saturated carbocycles. The van der Waals surface area contributed by atoms with Crippen LogP contribution in [0.3, 0.4) is 0 Å². The number of amides is 1. The van der Waals surface area contributed by atoms with Gasteiger partial charge in [-0.25, -0.2) is 0 Å². The second-order valence-corrected chi connectivity index (χ2v) is 6.74. The number of benzene rings is 2. The molecule has 7 heteroatoms. The number of carbonyl (C=O) groups excluding carboxylic acids is 1. The minimum absolute atomic E-state index is 0.0782. The molecule has 3 rings (SSSR count). The van der Waals surface area contributed by atoms with Crippen LogP contribution in [0.5, 0.6) is 0 Å². The summed E-state index contributed by atoms with van der Waals surface area (Å²) in [5.74, 6) is 0.867. The van der Waals surface area contributed by atoms with E-state index in [1.54, 1.807) is 6.08 Å². The molecule has 0 fully saturated rings. The molecular formula is C19H17ClN4OS. The van der Waals surface area contributed by atoms with Crippen molar-refractivity contribution < 1.29 is 4.79 Å². The standard InChI is InChI=1S/C19H17ClN4OS/c1-2-12-21-17(25)13-26-19-23-22-18(14-8-10-15(20)11-9-14)24(19)16-6-4-3-5-7-16/h2-11H,1,12-13H2,(H,21,25). The highest BCUT2D eigenvalue weighted by atomic mass is 35.5. The van der Waals surface area contributed by atoms with Crippen LogP contribution in [0, 0.1) is 0 Å². The van der Waals surface area contributed by atoms with Crippen molar-refractivity contribution in [3.8, 4) is 17.1 Å². The van der Waals surface area contributed by atoms with Crippen molar-refractivity contribution >= 4 is 29.3 Å². The number of nitrogens with one attached hydrogen (secondary N) is 1. The van der Waals surface area contributed by atoms with Crippen molar-refractivity contribution in [1.82, 2.24) is 20.1 Å². The molecule has 1 amide bonds. The second kappa shape index (κ2) is 8.69. The van der Waals surface area contributed by atoms with Gasteiger partial charge in [0.1, 0.15) is 0 Å².